The van der Waals surface area contributed by atoms with Crippen LogP contribution >= 0.6 is 11.6 Å². The second-order valence-electron chi connectivity index (χ2n) is 4.61. The first-order valence-electron chi connectivity index (χ1n) is 6.09. The number of esters is 1. The summed E-state index contributed by atoms with van der Waals surface area (Å²) in [4.78, 5) is 13.6. The van der Waals surface area contributed by atoms with Crippen molar-refractivity contribution in [2.24, 2.45) is 0 Å². The average Bonchev–Trinajstić information content (AvgIpc) is 2.83. The van der Waals surface area contributed by atoms with E-state index >= 15 is 0 Å². The van der Waals surface area contributed by atoms with E-state index in [1.165, 1.54) is 7.11 Å². The van der Waals surface area contributed by atoms with Crippen molar-refractivity contribution >= 4 is 17.6 Å². The molecule has 1 aromatic rings. The number of hydrogen-bond donors (Lipinski definition) is 0. The van der Waals surface area contributed by atoms with Crippen molar-refractivity contribution in [1.29, 1.82) is 0 Å². The number of rotatable bonds is 3. The number of carbonyl (C=O) groups excluding carboxylic acids is 1. The fourth-order valence-corrected chi connectivity index (χ4v) is 2.67. The molecule has 0 spiro atoms. The zero-order valence-electron chi connectivity index (χ0n) is 10.5. The monoisotopic (exact) mass is 283 g/mol. The molecule has 6 heteroatoms. The molecule has 1 unspecified atom stereocenters. The van der Waals surface area contributed by atoms with E-state index in [9.17, 15) is 4.79 Å². The Bertz CT molecular complexity index is 520. The quantitative estimate of drug-likeness (QED) is 0.792. The van der Waals surface area contributed by atoms with Gasteiger partial charge in [0.05, 0.1) is 12.1 Å². The Labute approximate surface area is 116 Å². The molecule has 1 saturated heterocycles. The van der Waals surface area contributed by atoms with Crippen molar-refractivity contribution in [3.63, 3.8) is 0 Å². The maximum absolute atomic E-state index is 11.5. The first-order chi connectivity index (χ1) is 9.19. The summed E-state index contributed by atoms with van der Waals surface area (Å²) >= 11 is 6.13. The molecule has 5 nitrogen and oxygen atoms in total. The van der Waals surface area contributed by atoms with Gasteiger partial charge >= 0.3 is 5.97 Å². The molecule has 0 radical (unpaired) electrons. The van der Waals surface area contributed by atoms with E-state index in [4.69, 9.17) is 25.8 Å². The Kier molecular flexibility index (Phi) is 3.24. The standard InChI is InChI=1S/C13H14ClNO4/c1-17-13(16)10-2-3-15(10)6-8-4-9(14)12-11(5-8)18-7-19-12/h4-5,10H,2-3,6-7H2,1H3. The van der Waals surface area contributed by atoms with Crippen molar-refractivity contribution in [2.75, 3.05) is 20.4 Å². The smallest absolute Gasteiger partial charge is 0.323 e. The molecule has 19 heavy (non-hydrogen) atoms. The second-order valence-corrected chi connectivity index (χ2v) is 5.02. The highest BCUT2D eigenvalue weighted by Crippen LogP contribution is 2.40. The van der Waals surface area contributed by atoms with E-state index in [-0.39, 0.29) is 18.8 Å². The molecule has 0 N–H and O–H groups in total. The molecular formula is C13H14ClNO4. The van der Waals surface area contributed by atoms with Crippen LogP contribution in [-0.4, -0.2) is 37.4 Å². The number of nitrogens with zero attached hydrogens (tertiary/aromatic N) is 1. The molecule has 102 valence electrons. The number of likely N-dealkylation sites (tertiary alicyclic amines) is 1. The normalized spacial score (nSPS) is 21.1. The van der Waals surface area contributed by atoms with Gasteiger partial charge in [0.15, 0.2) is 11.5 Å². The molecule has 1 fully saturated rings. The number of ether oxygens (including phenoxy) is 3. The molecule has 0 bridgehead atoms. The van der Waals surface area contributed by atoms with Gasteiger partial charge < -0.3 is 14.2 Å². The SMILES string of the molecule is COC(=O)C1CCN1Cc1cc(Cl)c2c(c1)OCO2. The zero-order valence-corrected chi connectivity index (χ0v) is 11.3. The van der Waals surface area contributed by atoms with Gasteiger partial charge in [-0.3, -0.25) is 9.69 Å². The second kappa shape index (κ2) is 4.90. The van der Waals surface area contributed by atoms with Crippen LogP contribution in [0.1, 0.15) is 12.0 Å². The number of carbonyl (C=O) groups is 1. The van der Waals surface area contributed by atoms with Gasteiger partial charge in [-0.15, -0.1) is 0 Å². The summed E-state index contributed by atoms with van der Waals surface area (Å²) in [5.41, 5.74) is 1.00. The lowest BCUT2D eigenvalue weighted by Gasteiger charge is -2.38. The largest absolute Gasteiger partial charge is 0.468 e. The third kappa shape index (κ3) is 2.24. The molecular weight excluding hydrogens is 270 g/mol. The summed E-state index contributed by atoms with van der Waals surface area (Å²) in [5.74, 6) is 1.08. The number of halogens is 1. The Morgan fingerprint density at radius 3 is 3.05 bits per heavy atom. The summed E-state index contributed by atoms with van der Waals surface area (Å²) in [5, 5.41) is 0.542. The molecule has 2 heterocycles. The number of fused-ring (bicyclic) bond motifs is 1. The third-order valence-electron chi connectivity index (χ3n) is 3.48. The molecule has 0 amide bonds. The molecule has 2 aliphatic rings. The number of benzene rings is 1. The minimum absolute atomic E-state index is 0.144. The topological polar surface area (TPSA) is 48.0 Å². The van der Waals surface area contributed by atoms with Crippen LogP contribution in [0.15, 0.2) is 12.1 Å². The Balaban J connectivity index is 1.74. The lowest BCUT2D eigenvalue weighted by molar-refractivity contribution is -0.152. The van der Waals surface area contributed by atoms with Gasteiger partial charge in [-0.1, -0.05) is 11.6 Å². The molecule has 3 rings (SSSR count). The van der Waals surface area contributed by atoms with Crippen molar-refractivity contribution in [2.45, 2.75) is 19.0 Å². The van der Waals surface area contributed by atoms with E-state index in [0.29, 0.717) is 23.1 Å². The van der Waals surface area contributed by atoms with Crippen LogP contribution in [0.2, 0.25) is 5.02 Å². The van der Waals surface area contributed by atoms with E-state index < -0.39 is 0 Å². The van der Waals surface area contributed by atoms with E-state index in [1.54, 1.807) is 0 Å². The van der Waals surface area contributed by atoms with Crippen LogP contribution in [0.25, 0.3) is 0 Å². The predicted molar refractivity (Wildman–Crippen MR) is 68.4 cm³/mol. The van der Waals surface area contributed by atoms with Gasteiger partial charge in [0.1, 0.15) is 6.04 Å². The van der Waals surface area contributed by atoms with Crippen molar-refractivity contribution in [3.8, 4) is 11.5 Å². The molecule has 1 aromatic carbocycles. The lowest BCUT2D eigenvalue weighted by Crippen LogP contribution is -2.52. The van der Waals surface area contributed by atoms with Crippen molar-refractivity contribution < 1.29 is 19.0 Å². The fourth-order valence-electron chi connectivity index (χ4n) is 2.38. The molecule has 2 aliphatic heterocycles. The average molecular weight is 284 g/mol. The highest BCUT2D eigenvalue weighted by molar-refractivity contribution is 6.32. The molecule has 0 aromatic heterocycles. The van der Waals surface area contributed by atoms with Crippen LogP contribution in [0.4, 0.5) is 0 Å². The van der Waals surface area contributed by atoms with Gasteiger partial charge in [0.25, 0.3) is 0 Å². The van der Waals surface area contributed by atoms with E-state index in [0.717, 1.165) is 18.5 Å². The fraction of sp³-hybridized carbons (Fsp3) is 0.462. The lowest BCUT2D eigenvalue weighted by atomic mass is 10.0. The minimum Gasteiger partial charge on any atom is -0.468 e. The predicted octanol–water partition coefficient (Wildman–Crippen LogP) is 1.82. The summed E-state index contributed by atoms with van der Waals surface area (Å²) in [6.45, 7) is 1.73. The zero-order chi connectivity index (χ0) is 13.4. The van der Waals surface area contributed by atoms with Crippen LogP contribution in [0.3, 0.4) is 0 Å². The highest BCUT2D eigenvalue weighted by atomic mass is 35.5. The number of methoxy groups -OCH3 is 1. The van der Waals surface area contributed by atoms with Crippen LogP contribution in [0.5, 0.6) is 11.5 Å². The maximum atomic E-state index is 11.5. The summed E-state index contributed by atoms with van der Waals surface area (Å²) in [6.07, 6.45) is 0.838. The van der Waals surface area contributed by atoms with Crippen molar-refractivity contribution in [1.82, 2.24) is 4.90 Å². The van der Waals surface area contributed by atoms with E-state index in [2.05, 4.69) is 4.90 Å². The summed E-state index contributed by atoms with van der Waals surface area (Å²) in [6, 6.07) is 3.61. The van der Waals surface area contributed by atoms with Crippen LogP contribution < -0.4 is 9.47 Å². The van der Waals surface area contributed by atoms with Crippen LogP contribution in [-0.2, 0) is 16.1 Å². The van der Waals surface area contributed by atoms with Gasteiger partial charge in [-0.25, -0.2) is 0 Å². The van der Waals surface area contributed by atoms with Gasteiger partial charge in [0.2, 0.25) is 6.79 Å². The first-order valence-corrected chi connectivity index (χ1v) is 6.46. The summed E-state index contributed by atoms with van der Waals surface area (Å²) in [7, 11) is 1.41. The molecule has 0 saturated carbocycles. The minimum atomic E-state index is -0.182. The van der Waals surface area contributed by atoms with Gasteiger partial charge in [0, 0.05) is 13.1 Å². The third-order valence-corrected chi connectivity index (χ3v) is 3.76. The Morgan fingerprint density at radius 2 is 2.37 bits per heavy atom. The summed E-state index contributed by atoms with van der Waals surface area (Å²) < 4.78 is 15.4. The van der Waals surface area contributed by atoms with Gasteiger partial charge in [-0.2, -0.15) is 0 Å². The first kappa shape index (κ1) is 12.6. The Hall–Kier alpha value is -1.46. The van der Waals surface area contributed by atoms with Crippen LogP contribution in [0, 0.1) is 0 Å². The maximum Gasteiger partial charge on any atom is 0.323 e. The van der Waals surface area contributed by atoms with Gasteiger partial charge in [-0.05, 0) is 24.1 Å². The van der Waals surface area contributed by atoms with E-state index in [1.807, 2.05) is 12.1 Å². The Morgan fingerprint density at radius 1 is 1.53 bits per heavy atom. The van der Waals surface area contributed by atoms with Crippen molar-refractivity contribution in [3.05, 3.63) is 22.7 Å². The molecule has 0 aliphatic carbocycles. The highest BCUT2D eigenvalue weighted by Gasteiger charge is 2.35. The molecule has 1 atom stereocenters. The number of hydrogen-bond acceptors (Lipinski definition) is 5.